The Morgan fingerprint density at radius 2 is 1.54 bits per heavy atom. The molecule has 0 unspecified atom stereocenters. The molecular formula is C11H11O2. The number of rotatable bonds is 3. The molecule has 0 N–H and O–H groups in total. The fraction of sp³-hybridized carbons (Fsp3) is 0.182. The van der Waals surface area contributed by atoms with Crippen molar-refractivity contribution in [3.8, 4) is 0 Å². The molecule has 1 rings (SSSR count). The van der Waals surface area contributed by atoms with Crippen molar-refractivity contribution in [2.24, 2.45) is 0 Å². The van der Waals surface area contributed by atoms with E-state index in [9.17, 15) is 9.59 Å². The van der Waals surface area contributed by atoms with Crippen LogP contribution in [0.25, 0.3) is 0 Å². The summed E-state index contributed by atoms with van der Waals surface area (Å²) < 4.78 is 0. The summed E-state index contributed by atoms with van der Waals surface area (Å²) in [6, 6.07) is 8.80. The average Bonchev–Trinajstić information content (AvgIpc) is 2.17. The van der Waals surface area contributed by atoms with Gasteiger partial charge in [-0.25, -0.2) is 0 Å². The molecule has 1 aromatic carbocycles. The number of carbonyl (C=O) groups excluding carboxylic acids is 2. The highest BCUT2D eigenvalue weighted by Gasteiger charge is 2.19. The minimum atomic E-state index is -0.187. The van der Waals surface area contributed by atoms with Gasteiger partial charge in [0, 0.05) is 5.56 Å². The Labute approximate surface area is 77.6 Å². The smallest absolute Gasteiger partial charge is 0.177 e. The lowest BCUT2D eigenvalue weighted by Crippen LogP contribution is -2.16. The summed E-state index contributed by atoms with van der Waals surface area (Å²) in [6.45, 7) is 2.95. The predicted molar refractivity (Wildman–Crippen MR) is 50.4 cm³/mol. The lowest BCUT2D eigenvalue weighted by Gasteiger charge is -2.04. The van der Waals surface area contributed by atoms with Gasteiger partial charge in [-0.3, -0.25) is 9.59 Å². The second-order valence-electron chi connectivity index (χ2n) is 2.88. The largest absolute Gasteiger partial charge is 0.299 e. The van der Waals surface area contributed by atoms with E-state index in [0.717, 1.165) is 0 Å². The molecule has 0 aliphatic heterocycles. The normalized spacial score (nSPS) is 10.1. The molecular weight excluding hydrogens is 164 g/mol. The fourth-order valence-electron chi connectivity index (χ4n) is 0.966. The first-order chi connectivity index (χ1) is 6.13. The van der Waals surface area contributed by atoms with Crippen molar-refractivity contribution >= 4 is 11.6 Å². The highest BCUT2D eigenvalue weighted by atomic mass is 16.1. The zero-order chi connectivity index (χ0) is 9.84. The SMILES string of the molecule is C[C](C(C)=O)C(=O)c1ccccc1. The zero-order valence-corrected chi connectivity index (χ0v) is 7.70. The highest BCUT2D eigenvalue weighted by Crippen LogP contribution is 2.10. The van der Waals surface area contributed by atoms with E-state index in [2.05, 4.69) is 0 Å². The summed E-state index contributed by atoms with van der Waals surface area (Å²) in [6.07, 6.45) is 0. The third-order valence-corrected chi connectivity index (χ3v) is 1.90. The molecule has 0 amide bonds. The van der Waals surface area contributed by atoms with Crippen LogP contribution in [-0.4, -0.2) is 11.6 Å². The van der Waals surface area contributed by atoms with E-state index in [1.54, 1.807) is 31.2 Å². The molecule has 0 spiro atoms. The van der Waals surface area contributed by atoms with Gasteiger partial charge in [0.2, 0.25) is 0 Å². The van der Waals surface area contributed by atoms with Gasteiger partial charge in [-0.05, 0) is 13.8 Å². The van der Waals surface area contributed by atoms with Crippen molar-refractivity contribution in [3.05, 3.63) is 41.8 Å². The first-order valence-electron chi connectivity index (χ1n) is 4.07. The van der Waals surface area contributed by atoms with Crippen molar-refractivity contribution in [1.29, 1.82) is 0 Å². The Hall–Kier alpha value is -1.44. The lowest BCUT2D eigenvalue weighted by atomic mass is 9.96. The van der Waals surface area contributed by atoms with Crippen LogP contribution < -0.4 is 0 Å². The van der Waals surface area contributed by atoms with E-state index < -0.39 is 0 Å². The van der Waals surface area contributed by atoms with Gasteiger partial charge >= 0.3 is 0 Å². The molecule has 0 bridgehead atoms. The predicted octanol–water partition coefficient (Wildman–Crippen LogP) is 2.05. The molecule has 0 aromatic heterocycles. The second-order valence-corrected chi connectivity index (χ2v) is 2.88. The number of hydrogen-bond donors (Lipinski definition) is 0. The fourth-order valence-corrected chi connectivity index (χ4v) is 0.966. The number of carbonyl (C=O) groups is 2. The van der Waals surface area contributed by atoms with Crippen LogP contribution in [0, 0.1) is 5.92 Å². The van der Waals surface area contributed by atoms with Crippen LogP contribution in [0.2, 0.25) is 0 Å². The number of Topliss-reactive ketones (excluding diaryl/α,β-unsaturated/α-hetero) is 2. The van der Waals surface area contributed by atoms with Gasteiger partial charge in [0.25, 0.3) is 0 Å². The van der Waals surface area contributed by atoms with Gasteiger partial charge in [-0.2, -0.15) is 0 Å². The Morgan fingerprint density at radius 3 is 2.00 bits per heavy atom. The van der Waals surface area contributed by atoms with Gasteiger partial charge in [-0.1, -0.05) is 30.3 Å². The molecule has 0 aliphatic carbocycles. The Bertz CT molecular complexity index is 314. The third-order valence-electron chi connectivity index (χ3n) is 1.90. The molecule has 0 fully saturated rings. The van der Waals surface area contributed by atoms with E-state index in [0.29, 0.717) is 5.56 Å². The third kappa shape index (κ3) is 2.25. The summed E-state index contributed by atoms with van der Waals surface area (Å²) in [5, 5.41) is 0. The topological polar surface area (TPSA) is 34.1 Å². The highest BCUT2D eigenvalue weighted by molar-refractivity contribution is 6.21. The van der Waals surface area contributed by atoms with Crippen molar-refractivity contribution in [3.63, 3.8) is 0 Å². The van der Waals surface area contributed by atoms with E-state index in [-0.39, 0.29) is 17.5 Å². The standard InChI is InChI=1S/C11H11O2/c1-8(9(2)12)11(13)10-6-4-3-5-7-10/h3-7H,1-2H3. The summed E-state index contributed by atoms with van der Waals surface area (Å²) in [5.74, 6) is -0.0758. The molecule has 0 saturated heterocycles. The van der Waals surface area contributed by atoms with Gasteiger partial charge in [-0.15, -0.1) is 0 Å². The molecule has 13 heavy (non-hydrogen) atoms. The molecule has 1 radical (unpaired) electrons. The first-order valence-corrected chi connectivity index (χ1v) is 4.07. The quantitative estimate of drug-likeness (QED) is 0.520. The van der Waals surface area contributed by atoms with E-state index in [1.165, 1.54) is 6.92 Å². The maximum Gasteiger partial charge on any atom is 0.177 e. The zero-order valence-electron chi connectivity index (χ0n) is 7.70. The van der Waals surface area contributed by atoms with Crippen LogP contribution in [0.5, 0.6) is 0 Å². The number of hydrogen-bond acceptors (Lipinski definition) is 2. The van der Waals surface area contributed by atoms with Crippen molar-refractivity contribution in [1.82, 2.24) is 0 Å². The monoisotopic (exact) mass is 175 g/mol. The lowest BCUT2D eigenvalue weighted by molar-refractivity contribution is -0.114. The van der Waals surface area contributed by atoms with Crippen LogP contribution >= 0.6 is 0 Å². The summed E-state index contributed by atoms with van der Waals surface area (Å²) in [5.41, 5.74) is 0.565. The molecule has 67 valence electrons. The molecule has 1 aromatic rings. The maximum atomic E-state index is 11.5. The van der Waals surface area contributed by atoms with Crippen LogP contribution in [0.15, 0.2) is 30.3 Å². The van der Waals surface area contributed by atoms with Crippen molar-refractivity contribution in [2.75, 3.05) is 0 Å². The summed E-state index contributed by atoms with van der Waals surface area (Å²) in [4.78, 5) is 22.4. The average molecular weight is 175 g/mol. The first kappa shape index (κ1) is 9.65. The molecule has 0 aliphatic rings. The molecule has 0 heterocycles. The van der Waals surface area contributed by atoms with E-state index in [4.69, 9.17) is 0 Å². The number of benzene rings is 1. The van der Waals surface area contributed by atoms with Crippen molar-refractivity contribution < 1.29 is 9.59 Å². The Kier molecular flexibility index (Phi) is 2.96. The second kappa shape index (κ2) is 3.99. The maximum absolute atomic E-state index is 11.5. The van der Waals surface area contributed by atoms with Gasteiger partial charge in [0.05, 0.1) is 0 Å². The number of ketones is 2. The van der Waals surface area contributed by atoms with E-state index >= 15 is 0 Å². The summed E-state index contributed by atoms with van der Waals surface area (Å²) >= 11 is 0. The Morgan fingerprint density at radius 1 is 1.00 bits per heavy atom. The molecule has 2 heteroatoms. The summed E-state index contributed by atoms with van der Waals surface area (Å²) in [7, 11) is 0. The van der Waals surface area contributed by atoms with Crippen LogP contribution in [0.3, 0.4) is 0 Å². The molecule has 0 saturated carbocycles. The minimum Gasteiger partial charge on any atom is -0.299 e. The van der Waals surface area contributed by atoms with Crippen LogP contribution in [0.4, 0.5) is 0 Å². The van der Waals surface area contributed by atoms with Gasteiger partial charge < -0.3 is 0 Å². The van der Waals surface area contributed by atoms with Crippen molar-refractivity contribution in [2.45, 2.75) is 13.8 Å². The molecule has 0 atom stereocenters. The van der Waals surface area contributed by atoms with Crippen LogP contribution in [-0.2, 0) is 4.79 Å². The van der Waals surface area contributed by atoms with E-state index in [1.807, 2.05) is 6.07 Å². The van der Waals surface area contributed by atoms with Gasteiger partial charge in [0.15, 0.2) is 5.78 Å². The van der Waals surface area contributed by atoms with Crippen LogP contribution in [0.1, 0.15) is 24.2 Å². The molecule has 2 nitrogen and oxygen atoms in total. The Balaban J connectivity index is 2.86. The van der Waals surface area contributed by atoms with Gasteiger partial charge in [0.1, 0.15) is 11.7 Å². The minimum absolute atomic E-state index is 0.172.